The van der Waals surface area contributed by atoms with Gasteiger partial charge in [0.1, 0.15) is 5.69 Å². The van der Waals surface area contributed by atoms with Gasteiger partial charge >= 0.3 is 0 Å². The molecule has 0 aromatic carbocycles. The molecule has 1 aromatic heterocycles. The second-order valence-corrected chi connectivity index (χ2v) is 3.39. The molecule has 82 valence electrons. The molecule has 2 rings (SSSR count). The van der Waals surface area contributed by atoms with Gasteiger partial charge in [-0.15, -0.1) is 0 Å². The number of rotatable bonds is 0. The van der Waals surface area contributed by atoms with Crippen molar-refractivity contribution in [2.24, 2.45) is 0 Å². The quantitative estimate of drug-likeness (QED) is 0.709. The predicted octanol–water partition coefficient (Wildman–Crippen LogP) is 2.72. The summed E-state index contributed by atoms with van der Waals surface area (Å²) in [5.41, 5.74) is 3.80. The third kappa shape index (κ3) is 2.17. The number of hydrogen-bond donors (Lipinski definition) is 1. The fraction of sp³-hybridized carbons (Fsp3) is 0.500. The Hall–Kier alpha value is -1.38. The van der Waals surface area contributed by atoms with Gasteiger partial charge in [0.15, 0.2) is 5.78 Å². The molecule has 0 saturated heterocycles. The highest BCUT2D eigenvalue weighted by molar-refractivity contribution is 6.01. The number of anilines is 1. The Labute approximate surface area is 90.9 Å². The molecule has 0 spiro atoms. The van der Waals surface area contributed by atoms with Crippen LogP contribution in [0.15, 0.2) is 6.20 Å². The van der Waals surface area contributed by atoms with Crippen LogP contribution in [0, 0.1) is 13.8 Å². The number of pyridine rings is 1. The van der Waals surface area contributed by atoms with Crippen molar-refractivity contribution in [3.05, 3.63) is 23.0 Å². The van der Waals surface area contributed by atoms with E-state index in [1.807, 2.05) is 27.7 Å². The van der Waals surface area contributed by atoms with Crippen molar-refractivity contribution in [3.63, 3.8) is 0 Å². The van der Waals surface area contributed by atoms with Crippen LogP contribution in [0.2, 0.25) is 0 Å². The SMILES string of the molecule is CC.Cc1cnc2c(c1C)NCCC2=O. The number of aryl methyl sites for hydroxylation is 1. The predicted molar refractivity (Wildman–Crippen MR) is 62.5 cm³/mol. The number of Topliss-reactive ketones (excluding diaryl/α,β-unsaturated/α-hetero) is 1. The summed E-state index contributed by atoms with van der Waals surface area (Å²) >= 11 is 0. The zero-order valence-electron chi connectivity index (χ0n) is 9.85. The zero-order valence-corrected chi connectivity index (χ0v) is 9.85. The summed E-state index contributed by atoms with van der Waals surface area (Å²) in [6.45, 7) is 8.75. The Balaban J connectivity index is 0.000000531. The molecule has 1 aliphatic heterocycles. The first-order valence-electron chi connectivity index (χ1n) is 5.43. The summed E-state index contributed by atoms with van der Waals surface area (Å²) < 4.78 is 0. The Kier molecular flexibility index (Phi) is 3.83. The molecule has 1 N–H and O–H groups in total. The molecule has 0 unspecified atom stereocenters. The molecular weight excluding hydrogens is 188 g/mol. The number of fused-ring (bicyclic) bond motifs is 1. The molecule has 3 nitrogen and oxygen atoms in total. The van der Waals surface area contributed by atoms with Crippen LogP contribution < -0.4 is 5.32 Å². The second kappa shape index (κ2) is 4.91. The summed E-state index contributed by atoms with van der Waals surface area (Å²) in [5, 5.41) is 3.22. The number of carbonyl (C=O) groups is 1. The van der Waals surface area contributed by atoms with Crippen molar-refractivity contribution < 1.29 is 4.79 Å². The Morgan fingerprint density at radius 1 is 1.33 bits per heavy atom. The first kappa shape index (κ1) is 11.7. The Morgan fingerprint density at radius 3 is 2.67 bits per heavy atom. The maximum atomic E-state index is 11.4. The van der Waals surface area contributed by atoms with E-state index in [2.05, 4.69) is 10.3 Å². The van der Waals surface area contributed by atoms with Gasteiger partial charge in [0.25, 0.3) is 0 Å². The van der Waals surface area contributed by atoms with Crippen LogP contribution in [0.5, 0.6) is 0 Å². The normalized spacial score (nSPS) is 13.5. The molecule has 1 aliphatic rings. The van der Waals surface area contributed by atoms with Crippen molar-refractivity contribution in [2.75, 3.05) is 11.9 Å². The molecule has 0 amide bonds. The minimum absolute atomic E-state index is 0.150. The van der Waals surface area contributed by atoms with E-state index >= 15 is 0 Å². The molecule has 0 fully saturated rings. The highest BCUT2D eigenvalue weighted by Crippen LogP contribution is 2.25. The van der Waals surface area contributed by atoms with Crippen LogP contribution >= 0.6 is 0 Å². The fourth-order valence-corrected chi connectivity index (χ4v) is 1.54. The maximum Gasteiger partial charge on any atom is 0.185 e. The molecule has 3 heteroatoms. The van der Waals surface area contributed by atoms with Crippen LogP contribution in [-0.4, -0.2) is 17.3 Å². The van der Waals surface area contributed by atoms with Gasteiger partial charge in [-0.05, 0) is 25.0 Å². The minimum Gasteiger partial charge on any atom is -0.383 e. The number of nitrogens with zero attached hydrogens (tertiary/aromatic N) is 1. The highest BCUT2D eigenvalue weighted by Gasteiger charge is 2.20. The molecule has 0 aliphatic carbocycles. The lowest BCUT2D eigenvalue weighted by Gasteiger charge is -2.18. The average molecular weight is 206 g/mol. The first-order valence-corrected chi connectivity index (χ1v) is 5.43. The number of hydrogen-bond acceptors (Lipinski definition) is 3. The standard InChI is InChI=1S/C10H12N2O.C2H6/c1-6-5-12-10-8(13)3-4-11-9(10)7(6)2;1-2/h5,11H,3-4H2,1-2H3;1-2H3. The summed E-state index contributed by atoms with van der Waals surface area (Å²) in [4.78, 5) is 15.6. The Morgan fingerprint density at radius 2 is 2.00 bits per heavy atom. The van der Waals surface area contributed by atoms with Crippen molar-refractivity contribution in [1.82, 2.24) is 4.98 Å². The van der Waals surface area contributed by atoms with E-state index in [1.54, 1.807) is 6.20 Å². The molecule has 0 saturated carbocycles. The topological polar surface area (TPSA) is 42.0 Å². The molecule has 0 bridgehead atoms. The van der Waals surface area contributed by atoms with E-state index in [0.717, 1.165) is 23.4 Å². The number of carbonyl (C=O) groups excluding carboxylic acids is 1. The second-order valence-electron chi connectivity index (χ2n) is 3.39. The molecule has 2 heterocycles. The Bertz CT molecular complexity index is 372. The molecule has 1 aromatic rings. The lowest BCUT2D eigenvalue weighted by Crippen LogP contribution is -2.20. The largest absolute Gasteiger partial charge is 0.383 e. The smallest absolute Gasteiger partial charge is 0.185 e. The number of aromatic nitrogens is 1. The van der Waals surface area contributed by atoms with Gasteiger partial charge < -0.3 is 5.32 Å². The van der Waals surface area contributed by atoms with E-state index in [1.165, 1.54) is 0 Å². The monoisotopic (exact) mass is 206 g/mol. The van der Waals surface area contributed by atoms with E-state index in [4.69, 9.17) is 0 Å². The van der Waals surface area contributed by atoms with Crippen molar-refractivity contribution in [3.8, 4) is 0 Å². The van der Waals surface area contributed by atoms with Gasteiger partial charge in [0.05, 0.1) is 5.69 Å². The first-order chi connectivity index (χ1) is 7.20. The van der Waals surface area contributed by atoms with Crippen molar-refractivity contribution >= 4 is 11.5 Å². The van der Waals surface area contributed by atoms with Gasteiger partial charge in [0, 0.05) is 19.2 Å². The summed E-state index contributed by atoms with van der Waals surface area (Å²) in [6.07, 6.45) is 2.32. The van der Waals surface area contributed by atoms with Crippen molar-refractivity contribution in [1.29, 1.82) is 0 Å². The maximum absolute atomic E-state index is 11.4. The minimum atomic E-state index is 0.150. The van der Waals surface area contributed by atoms with Crippen LogP contribution in [0.3, 0.4) is 0 Å². The van der Waals surface area contributed by atoms with E-state index in [-0.39, 0.29) is 5.78 Å². The average Bonchev–Trinajstić information content (AvgIpc) is 2.27. The lowest BCUT2D eigenvalue weighted by atomic mass is 10.0. The van der Waals surface area contributed by atoms with E-state index in [9.17, 15) is 4.79 Å². The third-order valence-corrected chi connectivity index (χ3v) is 2.51. The summed E-state index contributed by atoms with van der Waals surface area (Å²) in [7, 11) is 0. The van der Waals surface area contributed by atoms with E-state index < -0.39 is 0 Å². The van der Waals surface area contributed by atoms with Crippen LogP contribution in [-0.2, 0) is 0 Å². The number of nitrogens with one attached hydrogen (secondary N) is 1. The van der Waals surface area contributed by atoms with Gasteiger partial charge in [-0.2, -0.15) is 0 Å². The molecule has 0 atom stereocenters. The van der Waals surface area contributed by atoms with Gasteiger partial charge in [-0.3, -0.25) is 9.78 Å². The van der Waals surface area contributed by atoms with Gasteiger partial charge in [-0.25, -0.2) is 0 Å². The van der Waals surface area contributed by atoms with Gasteiger partial charge in [0.2, 0.25) is 0 Å². The summed E-state index contributed by atoms with van der Waals surface area (Å²) in [6, 6.07) is 0. The van der Waals surface area contributed by atoms with E-state index in [0.29, 0.717) is 12.1 Å². The van der Waals surface area contributed by atoms with Crippen LogP contribution in [0.4, 0.5) is 5.69 Å². The summed E-state index contributed by atoms with van der Waals surface area (Å²) in [5.74, 6) is 0.150. The zero-order chi connectivity index (χ0) is 11.4. The number of ketones is 1. The van der Waals surface area contributed by atoms with Gasteiger partial charge in [-0.1, -0.05) is 13.8 Å². The fourth-order valence-electron chi connectivity index (χ4n) is 1.54. The third-order valence-electron chi connectivity index (χ3n) is 2.51. The highest BCUT2D eigenvalue weighted by atomic mass is 16.1. The van der Waals surface area contributed by atoms with Crippen LogP contribution in [0.25, 0.3) is 0 Å². The van der Waals surface area contributed by atoms with Crippen molar-refractivity contribution in [2.45, 2.75) is 34.1 Å². The molecule has 15 heavy (non-hydrogen) atoms. The molecular formula is C12H18N2O. The lowest BCUT2D eigenvalue weighted by molar-refractivity contribution is 0.0978. The molecule has 0 radical (unpaired) electrons. The van der Waals surface area contributed by atoms with Crippen LogP contribution in [0.1, 0.15) is 41.9 Å².